The maximum atomic E-state index is 10.9. The third kappa shape index (κ3) is 5.12. The molecule has 0 amide bonds. The molecule has 0 N–H and O–H groups in total. The van der Waals surface area contributed by atoms with E-state index >= 15 is 0 Å². The SMILES string of the molecule is CS(=O)(=O)O[C@@H]1C=C[C@H](OCc2ccccc2)OC1. The summed E-state index contributed by atoms with van der Waals surface area (Å²) in [6.07, 6.45) is 3.26. The predicted molar refractivity (Wildman–Crippen MR) is 69.8 cm³/mol. The van der Waals surface area contributed by atoms with Crippen molar-refractivity contribution in [2.24, 2.45) is 0 Å². The van der Waals surface area contributed by atoms with Gasteiger partial charge in [0.2, 0.25) is 0 Å². The van der Waals surface area contributed by atoms with Gasteiger partial charge in [-0.05, 0) is 11.6 Å². The second kappa shape index (κ2) is 6.29. The molecule has 5 nitrogen and oxygen atoms in total. The van der Waals surface area contributed by atoms with E-state index in [0.29, 0.717) is 6.61 Å². The third-order valence-electron chi connectivity index (χ3n) is 2.46. The molecule has 0 saturated heterocycles. The van der Waals surface area contributed by atoms with Crippen molar-refractivity contribution < 1.29 is 22.1 Å². The first-order valence-corrected chi connectivity index (χ1v) is 7.68. The molecule has 0 saturated carbocycles. The number of hydrogen-bond acceptors (Lipinski definition) is 5. The largest absolute Gasteiger partial charge is 0.346 e. The van der Waals surface area contributed by atoms with Gasteiger partial charge in [-0.3, -0.25) is 4.18 Å². The minimum atomic E-state index is -3.47. The van der Waals surface area contributed by atoms with Gasteiger partial charge >= 0.3 is 0 Å². The minimum Gasteiger partial charge on any atom is -0.346 e. The van der Waals surface area contributed by atoms with E-state index in [0.717, 1.165) is 11.8 Å². The predicted octanol–water partition coefficient (Wildman–Crippen LogP) is 1.46. The van der Waals surface area contributed by atoms with Crippen LogP contribution in [0.3, 0.4) is 0 Å². The summed E-state index contributed by atoms with van der Waals surface area (Å²) in [7, 11) is -3.47. The summed E-state index contributed by atoms with van der Waals surface area (Å²) in [5.41, 5.74) is 1.05. The fraction of sp³-hybridized carbons (Fsp3) is 0.385. The van der Waals surface area contributed by atoms with Crippen LogP contribution in [0.2, 0.25) is 0 Å². The standard InChI is InChI=1S/C13H16O5S/c1-19(14,15)18-12-7-8-13(17-10-12)16-9-11-5-3-2-4-6-11/h2-8,12-13H,9-10H2,1H3/t12-,13-/m1/s1. The highest BCUT2D eigenvalue weighted by Crippen LogP contribution is 2.13. The lowest BCUT2D eigenvalue weighted by Crippen LogP contribution is -2.29. The quantitative estimate of drug-likeness (QED) is 0.605. The fourth-order valence-corrected chi connectivity index (χ4v) is 2.22. The summed E-state index contributed by atoms with van der Waals surface area (Å²) in [5, 5.41) is 0. The summed E-state index contributed by atoms with van der Waals surface area (Å²) < 4.78 is 37.6. The zero-order valence-corrected chi connectivity index (χ0v) is 11.4. The first kappa shape index (κ1) is 14.2. The molecule has 0 bridgehead atoms. The van der Waals surface area contributed by atoms with E-state index in [2.05, 4.69) is 0 Å². The van der Waals surface area contributed by atoms with Crippen LogP contribution in [-0.2, 0) is 30.4 Å². The molecule has 2 rings (SSSR count). The van der Waals surface area contributed by atoms with E-state index in [1.54, 1.807) is 12.2 Å². The summed E-state index contributed by atoms with van der Waals surface area (Å²) in [4.78, 5) is 0. The van der Waals surface area contributed by atoms with Crippen molar-refractivity contribution in [2.45, 2.75) is 19.0 Å². The molecule has 0 spiro atoms. The Morgan fingerprint density at radius 1 is 1.26 bits per heavy atom. The Kier molecular flexibility index (Phi) is 4.71. The van der Waals surface area contributed by atoms with Gasteiger partial charge in [-0.25, -0.2) is 0 Å². The number of hydrogen-bond donors (Lipinski definition) is 0. The van der Waals surface area contributed by atoms with Gasteiger partial charge < -0.3 is 9.47 Å². The smallest absolute Gasteiger partial charge is 0.265 e. The fourth-order valence-electron chi connectivity index (χ4n) is 1.66. The van der Waals surface area contributed by atoms with Gasteiger partial charge in [0.25, 0.3) is 10.1 Å². The van der Waals surface area contributed by atoms with Crippen molar-refractivity contribution in [3.8, 4) is 0 Å². The van der Waals surface area contributed by atoms with Crippen molar-refractivity contribution in [2.75, 3.05) is 12.9 Å². The van der Waals surface area contributed by atoms with Crippen molar-refractivity contribution in [3.63, 3.8) is 0 Å². The molecule has 1 heterocycles. The zero-order chi connectivity index (χ0) is 13.7. The molecule has 0 aliphatic carbocycles. The molecule has 0 aromatic heterocycles. The second-order valence-electron chi connectivity index (χ2n) is 4.22. The second-order valence-corrected chi connectivity index (χ2v) is 5.82. The molecule has 2 atom stereocenters. The summed E-state index contributed by atoms with van der Waals surface area (Å²) in [6, 6.07) is 9.73. The molecule has 1 aliphatic heterocycles. The Balaban J connectivity index is 1.81. The highest BCUT2D eigenvalue weighted by atomic mass is 32.2. The van der Waals surface area contributed by atoms with Crippen LogP contribution in [0.5, 0.6) is 0 Å². The molecule has 0 unspecified atom stereocenters. The number of benzene rings is 1. The molecule has 0 fully saturated rings. The molecule has 1 aliphatic rings. The molecular formula is C13H16O5S. The Morgan fingerprint density at radius 2 is 2.00 bits per heavy atom. The highest BCUT2D eigenvalue weighted by molar-refractivity contribution is 7.86. The van der Waals surface area contributed by atoms with Crippen LogP contribution in [-0.4, -0.2) is 33.7 Å². The van der Waals surface area contributed by atoms with Gasteiger partial charge in [0.15, 0.2) is 6.29 Å². The molecule has 1 aromatic carbocycles. The Labute approximate surface area is 112 Å². The summed E-state index contributed by atoms with van der Waals surface area (Å²) in [6.45, 7) is 0.594. The van der Waals surface area contributed by atoms with E-state index in [1.165, 1.54) is 0 Å². The van der Waals surface area contributed by atoms with Crippen LogP contribution < -0.4 is 0 Å². The van der Waals surface area contributed by atoms with Crippen LogP contribution >= 0.6 is 0 Å². The van der Waals surface area contributed by atoms with Crippen molar-refractivity contribution in [1.82, 2.24) is 0 Å². The van der Waals surface area contributed by atoms with Crippen LogP contribution in [0, 0.1) is 0 Å². The number of ether oxygens (including phenoxy) is 2. The first-order chi connectivity index (χ1) is 9.03. The maximum absolute atomic E-state index is 10.9. The van der Waals surface area contributed by atoms with E-state index in [9.17, 15) is 8.42 Å². The van der Waals surface area contributed by atoms with Crippen molar-refractivity contribution >= 4 is 10.1 Å². The van der Waals surface area contributed by atoms with Crippen LogP contribution in [0.1, 0.15) is 5.56 Å². The Bertz CT molecular complexity index is 523. The topological polar surface area (TPSA) is 61.8 Å². The van der Waals surface area contributed by atoms with Crippen LogP contribution in [0.4, 0.5) is 0 Å². The van der Waals surface area contributed by atoms with E-state index in [-0.39, 0.29) is 6.61 Å². The molecule has 6 heteroatoms. The van der Waals surface area contributed by atoms with Crippen LogP contribution in [0.25, 0.3) is 0 Å². The van der Waals surface area contributed by atoms with E-state index in [4.69, 9.17) is 13.7 Å². The molecule has 19 heavy (non-hydrogen) atoms. The number of rotatable bonds is 5. The van der Waals surface area contributed by atoms with Gasteiger partial charge in [-0.2, -0.15) is 8.42 Å². The third-order valence-corrected chi connectivity index (χ3v) is 3.06. The van der Waals surface area contributed by atoms with Gasteiger partial charge in [-0.1, -0.05) is 36.4 Å². The molecular weight excluding hydrogens is 268 g/mol. The molecule has 1 aromatic rings. The van der Waals surface area contributed by atoms with Crippen LogP contribution in [0.15, 0.2) is 42.5 Å². The molecule has 0 radical (unpaired) electrons. The van der Waals surface area contributed by atoms with Gasteiger partial charge in [0, 0.05) is 0 Å². The van der Waals surface area contributed by atoms with E-state index < -0.39 is 22.5 Å². The lowest BCUT2D eigenvalue weighted by atomic mass is 10.2. The molecule has 104 valence electrons. The Hall–Kier alpha value is -1.21. The first-order valence-electron chi connectivity index (χ1n) is 5.87. The van der Waals surface area contributed by atoms with Crippen molar-refractivity contribution in [3.05, 3.63) is 48.0 Å². The summed E-state index contributed by atoms with van der Waals surface area (Å²) >= 11 is 0. The summed E-state index contributed by atoms with van der Waals surface area (Å²) in [5.74, 6) is 0. The minimum absolute atomic E-state index is 0.156. The Morgan fingerprint density at radius 3 is 2.58 bits per heavy atom. The highest BCUT2D eigenvalue weighted by Gasteiger charge is 2.20. The zero-order valence-electron chi connectivity index (χ0n) is 10.6. The van der Waals surface area contributed by atoms with Gasteiger partial charge in [0.1, 0.15) is 6.10 Å². The monoisotopic (exact) mass is 284 g/mol. The lowest BCUT2D eigenvalue weighted by molar-refractivity contribution is -0.136. The maximum Gasteiger partial charge on any atom is 0.265 e. The van der Waals surface area contributed by atoms with Gasteiger partial charge in [-0.15, -0.1) is 0 Å². The lowest BCUT2D eigenvalue weighted by Gasteiger charge is -2.23. The average molecular weight is 284 g/mol. The van der Waals surface area contributed by atoms with E-state index in [1.807, 2.05) is 30.3 Å². The van der Waals surface area contributed by atoms with Gasteiger partial charge in [0.05, 0.1) is 19.5 Å². The van der Waals surface area contributed by atoms with Crippen molar-refractivity contribution in [1.29, 1.82) is 0 Å². The average Bonchev–Trinajstić information content (AvgIpc) is 2.37. The normalized spacial score (nSPS) is 23.4.